The number of hydrogen-bond acceptors (Lipinski definition) is 6. The molecule has 0 bridgehead atoms. The number of nitrogens with zero attached hydrogens (tertiary/aromatic N) is 3. The van der Waals surface area contributed by atoms with Crippen LogP contribution in [0.4, 0.5) is 11.4 Å². The van der Waals surface area contributed by atoms with Gasteiger partial charge in [-0.3, -0.25) is 18.9 Å². The molecule has 0 spiro atoms. The van der Waals surface area contributed by atoms with Crippen molar-refractivity contribution in [3.8, 4) is 5.75 Å². The summed E-state index contributed by atoms with van der Waals surface area (Å²) < 4.78 is 35.2. The number of carbonyl (C=O) groups excluding carboxylic acids is 2. The Morgan fingerprint density at radius 1 is 1.11 bits per heavy atom. The van der Waals surface area contributed by atoms with Gasteiger partial charge in [-0.15, -0.1) is 0 Å². The summed E-state index contributed by atoms with van der Waals surface area (Å²) in [4.78, 5) is 32.2. The molecule has 200 valence electrons. The Morgan fingerprint density at radius 3 is 2.47 bits per heavy atom. The number of aromatic nitrogens is 1. The third-order valence-corrected chi connectivity index (χ3v) is 9.09. The fourth-order valence-corrected chi connectivity index (χ4v) is 6.88. The van der Waals surface area contributed by atoms with Gasteiger partial charge in [0.05, 0.1) is 29.8 Å². The lowest BCUT2D eigenvalue weighted by atomic mass is 10.1. The molecule has 2 amide bonds. The molecule has 0 saturated heterocycles. The van der Waals surface area contributed by atoms with Crippen molar-refractivity contribution in [3.05, 3.63) is 77.1 Å². The fraction of sp³-hybridized carbons (Fsp3) is 0.321. The largest absolute Gasteiger partial charge is 0.496 e. The lowest BCUT2D eigenvalue weighted by molar-refractivity contribution is -0.132. The summed E-state index contributed by atoms with van der Waals surface area (Å²) >= 11 is 0. The number of likely N-dealkylation sites (N-methyl/N-ethyl adjacent to an activating group) is 1. The van der Waals surface area contributed by atoms with Gasteiger partial charge in [-0.25, -0.2) is 8.42 Å². The van der Waals surface area contributed by atoms with Crippen molar-refractivity contribution in [2.75, 3.05) is 30.3 Å². The minimum absolute atomic E-state index is 0.101. The van der Waals surface area contributed by atoms with Crippen molar-refractivity contribution in [1.82, 2.24) is 9.88 Å². The van der Waals surface area contributed by atoms with Crippen molar-refractivity contribution in [1.29, 1.82) is 0 Å². The van der Waals surface area contributed by atoms with Gasteiger partial charge in [0.25, 0.3) is 10.0 Å². The number of sulfonamides is 1. The second-order valence-electron chi connectivity index (χ2n) is 9.42. The van der Waals surface area contributed by atoms with Crippen molar-refractivity contribution < 1.29 is 22.7 Å². The maximum atomic E-state index is 14.3. The van der Waals surface area contributed by atoms with Gasteiger partial charge in [-0.1, -0.05) is 12.1 Å². The molecule has 1 N–H and O–H groups in total. The van der Waals surface area contributed by atoms with Gasteiger partial charge in [0, 0.05) is 26.0 Å². The van der Waals surface area contributed by atoms with E-state index in [0.717, 1.165) is 9.87 Å². The molecule has 1 aliphatic rings. The van der Waals surface area contributed by atoms with Crippen LogP contribution in [0, 0.1) is 20.8 Å². The first kappa shape index (κ1) is 27.1. The molecule has 2 aromatic carbocycles. The van der Waals surface area contributed by atoms with Crippen LogP contribution >= 0.6 is 0 Å². The van der Waals surface area contributed by atoms with E-state index >= 15 is 0 Å². The number of benzene rings is 2. The van der Waals surface area contributed by atoms with E-state index in [0.29, 0.717) is 46.8 Å². The van der Waals surface area contributed by atoms with Gasteiger partial charge in [0.15, 0.2) is 0 Å². The van der Waals surface area contributed by atoms with Gasteiger partial charge >= 0.3 is 0 Å². The van der Waals surface area contributed by atoms with Crippen molar-refractivity contribution in [2.45, 2.75) is 44.6 Å². The van der Waals surface area contributed by atoms with E-state index in [1.54, 1.807) is 70.5 Å². The number of pyridine rings is 1. The van der Waals surface area contributed by atoms with Crippen LogP contribution in [0.15, 0.2) is 59.8 Å². The first-order valence-corrected chi connectivity index (χ1v) is 13.7. The highest BCUT2D eigenvalue weighted by Crippen LogP contribution is 2.40. The number of aryl methyl sites for hydroxylation is 1. The summed E-state index contributed by atoms with van der Waals surface area (Å²) in [5.41, 5.74) is 3.43. The summed E-state index contributed by atoms with van der Waals surface area (Å²) in [7, 11) is -1.07. The Balaban J connectivity index is 1.72. The standard InChI is InChI=1S/C28H32N4O5S/c1-18-16-25(37-5)19(2)20(3)27(18)38(35,36)32-23-9-7-6-8-22(23)30-28(34)24(32)17-26(33)31(4)15-12-21-10-13-29-14-11-21/h6-11,13-14,16,24H,12,15,17H2,1-5H3,(H,30,34)/t24-/m1/s1. The molecule has 38 heavy (non-hydrogen) atoms. The molecule has 4 rings (SSSR count). The first-order chi connectivity index (χ1) is 18.1. The number of para-hydroxylation sites is 2. The van der Waals surface area contributed by atoms with Crippen LogP contribution in [0.3, 0.4) is 0 Å². The highest BCUT2D eigenvalue weighted by atomic mass is 32.2. The predicted molar refractivity (Wildman–Crippen MR) is 146 cm³/mol. The summed E-state index contributed by atoms with van der Waals surface area (Å²) in [6, 6.07) is 10.9. The van der Waals surface area contributed by atoms with Crippen LogP contribution in [0.1, 0.15) is 28.7 Å². The van der Waals surface area contributed by atoms with Crippen LogP contribution in [0.2, 0.25) is 0 Å². The highest BCUT2D eigenvalue weighted by molar-refractivity contribution is 7.93. The van der Waals surface area contributed by atoms with Gasteiger partial charge in [0.2, 0.25) is 11.8 Å². The van der Waals surface area contributed by atoms with Crippen LogP contribution in [-0.2, 0) is 26.0 Å². The van der Waals surface area contributed by atoms with Crippen LogP contribution in [0.5, 0.6) is 5.75 Å². The number of anilines is 2. The summed E-state index contributed by atoms with van der Waals surface area (Å²) in [5.74, 6) is -0.305. The Morgan fingerprint density at radius 2 is 1.79 bits per heavy atom. The van der Waals surface area contributed by atoms with Crippen LogP contribution < -0.4 is 14.4 Å². The topological polar surface area (TPSA) is 109 Å². The molecule has 3 aromatic rings. The molecule has 10 heteroatoms. The number of amides is 2. The average Bonchev–Trinajstić information content (AvgIpc) is 2.89. The number of fused-ring (bicyclic) bond motifs is 1. The second kappa shape index (κ2) is 10.8. The normalized spacial score (nSPS) is 15.0. The van der Waals surface area contributed by atoms with Crippen LogP contribution in [0.25, 0.3) is 0 Å². The van der Waals surface area contributed by atoms with E-state index < -0.39 is 22.0 Å². The molecule has 0 aliphatic carbocycles. The zero-order valence-electron chi connectivity index (χ0n) is 22.2. The van der Waals surface area contributed by atoms with E-state index in [4.69, 9.17) is 4.74 Å². The lowest BCUT2D eigenvalue weighted by Crippen LogP contribution is -2.53. The van der Waals surface area contributed by atoms with E-state index in [9.17, 15) is 18.0 Å². The quantitative estimate of drug-likeness (QED) is 0.471. The molecule has 0 radical (unpaired) electrons. The lowest BCUT2D eigenvalue weighted by Gasteiger charge is -2.38. The van der Waals surface area contributed by atoms with Gasteiger partial charge in [0.1, 0.15) is 11.8 Å². The molecule has 1 aliphatic heterocycles. The number of ether oxygens (including phenoxy) is 1. The van der Waals surface area contributed by atoms with Gasteiger partial charge in [-0.05, 0) is 79.8 Å². The highest BCUT2D eigenvalue weighted by Gasteiger charge is 2.43. The van der Waals surface area contributed by atoms with Gasteiger partial charge < -0.3 is 15.0 Å². The number of nitrogens with one attached hydrogen (secondary N) is 1. The maximum absolute atomic E-state index is 14.3. The first-order valence-electron chi connectivity index (χ1n) is 12.3. The molecule has 1 aromatic heterocycles. The van der Waals surface area contributed by atoms with Crippen molar-refractivity contribution >= 4 is 33.2 Å². The second-order valence-corrected chi connectivity index (χ2v) is 11.2. The Labute approximate surface area is 223 Å². The maximum Gasteiger partial charge on any atom is 0.265 e. The minimum atomic E-state index is -4.25. The number of rotatable bonds is 8. The van der Waals surface area contributed by atoms with E-state index in [-0.39, 0.29) is 17.2 Å². The smallest absolute Gasteiger partial charge is 0.265 e. The summed E-state index contributed by atoms with van der Waals surface area (Å²) in [5, 5.41) is 2.78. The number of carbonyl (C=O) groups is 2. The van der Waals surface area contributed by atoms with Gasteiger partial charge in [-0.2, -0.15) is 0 Å². The molecule has 0 fully saturated rings. The summed E-state index contributed by atoms with van der Waals surface area (Å²) in [6.07, 6.45) is 3.68. The molecular formula is C28H32N4O5S. The monoisotopic (exact) mass is 536 g/mol. The van der Waals surface area contributed by atoms with Crippen molar-refractivity contribution in [3.63, 3.8) is 0 Å². The Kier molecular flexibility index (Phi) is 7.73. The molecular weight excluding hydrogens is 504 g/mol. The number of hydrogen-bond donors (Lipinski definition) is 1. The zero-order chi connectivity index (χ0) is 27.6. The molecule has 0 saturated carbocycles. The van der Waals surface area contributed by atoms with Crippen LogP contribution in [-0.4, -0.2) is 56.9 Å². The molecule has 0 unspecified atom stereocenters. The fourth-order valence-electron chi connectivity index (χ4n) is 4.76. The minimum Gasteiger partial charge on any atom is -0.496 e. The third kappa shape index (κ3) is 5.08. The molecule has 2 heterocycles. The van der Waals surface area contributed by atoms with Crippen molar-refractivity contribution in [2.24, 2.45) is 0 Å². The van der Waals surface area contributed by atoms with E-state index in [1.165, 1.54) is 12.0 Å². The Hall–Kier alpha value is -3.92. The zero-order valence-corrected chi connectivity index (χ0v) is 23.0. The number of methoxy groups -OCH3 is 1. The molecule has 9 nitrogen and oxygen atoms in total. The average molecular weight is 537 g/mol. The summed E-state index contributed by atoms with van der Waals surface area (Å²) in [6.45, 7) is 5.63. The van der Waals surface area contributed by atoms with E-state index in [1.807, 2.05) is 12.1 Å². The SMILES string of the molecule is COc1cc(C)c(S(=O)(=O)N2c3ccccc3NC(=O)[C@H]2CC(=O)N(C)CCc2ccncc2)c(C)c1C. The Bertz CT molecular complexity index is 1470. The van der Waals surface area contributed by atoms with E-state index in [2.05, 4.69) is 10.3 Å². The molecule has 1 atom stereocenters. The predicted octanol–water partition coefficient (Wildman–Crippen LogP) is 3.62. The third-order valence-electron chi connectivity index (χ3n) is 6.98.